The minimum absolute atomic E-state index is 0.0619. The summed E-state index contributed by atoms with van der Waals surface area (Å²) in [7, 11) is 0. The van der Waals surface area contributed by atoms with Gasteiger partial charge in [-0.05, 0) is 68.4 Å². The van der Waals surface area contributed by atoms with Gasteiger partial charge < -0.3 is 15.0 Å². The first-order valence-electron chi connectivity index (χ1n) is 11.9. The first-order chi connectivity index (χ1) is 16.6. The Bertz CT molecular complexity index is 882. The largest absolute Gasteiger partial charge is 0.462 e. The number of benzene rings is 1. The predicted octanol–water partition coefficient (Wildman–Crippen LogP) is 4.97. The number of esters is 1. The van der Waals surface area contributed by atoms with Gasteiger partial charge in [0.05, 0.1) is 5.56 Å². The van der Waals surface area contributed by atoms with Crippen molar-refractivity contribution < 1.29 is 14.3 Å². The summed E-state index contributed by atoms with van der Waals surface area (Å²) in [5.74, 6) is 0.868. The lowest BCUT2D eigenvalue weighted by Crippen LogP contribution is -2.39. The lowest BCUT2D eigenvalue weighted by Gasteiger charge is -2.29. The molecule has 1 aromatic carbocycles. The fourth-order valence-corrected chi connectivity index (χ4v) is 4.63. The number of aromatic nitrogens is 1. The Morgan fingerprint density at radius 2 is 1.74 bits per heavy atom. The van der Waals surface area contributed by atoms with Crippen molar-refractivity contribution in [2.45, 2.75) is 57.1 Å². The van der Waals surface area contributed by atoms with E-state index in [1.54, 1.807) is 24.5 Å². The van der Waals surface area contributed by atoms with Crippen LogP contribution in [0, 0.1) is 0 Å². The Morgan fingerprint density at radius 1 is 1.03 bits per heavy atom. The van der Waals surface area contributed by atoms with Crippen molar-refractivity contribution in [2.75, 3.05) is 29.7 Å². The highest BCUT2D eigenvalue weighted by atomic mass is 35.5. The third-order valence-corrected chi connectivity index (χ3v) is 6.43. The summed E-state index contributed by atoms with van der Waals surface area (Å²) in [6.07, 6.45) is 8.29. The van der Waals surface area contributed by atoms with Crippen molar-refractivity contribution in [3.05, 3.63) is 59.9 Å². The Hall–Kier alpha value is -2.31. The molecule has 1 aliphatic carbocycles. The predicted molar refractivity (Wildman–Crippen MR) is 137 cm³/mol. The van der Waals surface area contributed by atoms with Gasteiger partial charge in [0.25, 0.3) is 5.91 Å². The molecule has 1 amide bonds. The van der Waals surface area contributed by atoms with Crippen LogP contribution in [0.3, 0.4) is 0 Å². The Morgan fingerprint density at radius 3 is 2.35 bits per heavy atom. The molecule has 0 bridgehead atoms. The number of pyridine rings is 1. The number of rotatable bonds is 12. The smallest absolute Gasteiger partial charge is 0.306 e. The van der Waals surface area contributed by atoms with Crippen molar-refractivity contribution >= 4 is 40.8 Å². The van der Waals surface area contributed by atoms with Crippen molar-refractivity contribution in [1.82, 2.24) is 10.3 Å². The molecule has 0 radical (unpaired) electrons. The van der Waals surface area contributed by atoms with E-state index in [-0.39, 0.29) is 24.0 Å². The molecule has 0 unspecified atom stereocenters. The first-order valence-corrected chi connectivity index (χ1v) is 13.0. The van der Waals surface area contributed by atoms with Gasteiger partial charge in [-0.1, -0.05) is 12.1 Å². The molecular formula is C26H33Cl2N3O3. The molecule has 8 heteroatoms. The normalized spacial score (nSPS) is 17.7. The van der Waals surface area contributed by atoms with E-state index in [0.717, 1.165) is 57.3 Å². The van der Waals surface area contributed by atoms with Crippen molar-refractivity contribution in [3.8, 4) is 0 Å². The van der Waals surface area contributed by atoms with Crippen LogP contribution in [-0.2, 0) is 16.0 Å². The zero-order valence-electron chi connectivity index (χ0n) is 19.4. The van der Waals surface area contributed by atoms with E-state index < -0.39 is 0 Å². The van der Waals surface area contributed by atoms with Crippen molar-refractivity contribution in [3.63, 3.8) is 0 Å². The van der Waals surface area contributed by atoms with Crippen LogP contribution in [0.4, 0.5) is 5.69 Å². The highest BCUT2D eigenvalue weighted by Gasteiger charge is 2.25. The molecule has 0 aliphatic heterocycles. The molecule has 1 heterocycles. The maximum Gasteiger partial charge on any atom is 0.306 e. The average molecular weight is 506 g/mol. The van der Waals surface area contributed by atoms with Gasteiger partial charge in [-0.25, -0.2) is 0 Å². The number of alkyl halides is 2. The van der Waals surface area contributed by atoms with Crippen LogP contribution in [0.1, 0.15) is 54.4 Å². The molecule has 1 fully saturated rings. The number of hydrogen-bond donors (Lipinski definition) is 1. The van der Waals surface area contributed by atoms with E-state index in [0.29, 0.717) is 23.7 Å². The monoisotopic (exact) mass is 505 g/mol. The zero-order chi connectivity index (χ0) is 24.2. The van der Waals surface area contributed by atoms with E-state index >= 15 is 0 Å². The summed E-state index contributed by atoms with van der Waals surface area (Å²) in [5.41, 5.74) is 2.86. The molecular weight excluding hydrogens is 473 g/mol. The number of amides is 1. The highest BCUT2D eigenvalue weighted by molar-refractivity contribution is 6.18. The van der Waals surface area contributed by atoms with Gasteiger partial charge in [0.15, 0.2) is 0 Å². The summed E-state index contributed by atoms with van der Waals surface area (Å²) in [6, 6.07) is 12.0. The maximum absolute atomic E-state index is 12.3. The molecule has 1 N–H and O–H groups in total. The number of carbonyl (C=O) groups is 2. The molecule has 0 atom stereocenters. The third kappa shape index (κ3) is 8.48. The standard InChI is InChI=1S/C26H33Cl2N3O3/c27-14-17-31(18-15-28)23-10-6-20(7-11-23)3-1-5-25(32)34-24-12-8-22(9-13-24)30-26(33)21-4-2-16-29-19-21/h2,4,6-7,10-11,16,19,22,24H,1,3,5,8-9,12-15,17-18H2,(H,30,33). The molecule has 0 spiro atoms. The number of nitrogens with one attached hydrogen (secondary N) is 1. The second-order valence-corrected chi connectivity index (χ2v) is 9.32. The maximum atomic E-state index is 12.3. The third-order valence-electron chi connectivity index (χ3n) is 6.09. The summed E-state index contributed by atoms with van der Waals surface area (Å²) < 4.78 is 5.68. The molecule has 184 valence electrons. The van der Waals surface area contributed by atoms with Crippen LogP contribution in [0.25, 0.3) is 0 Å². The van der Waals surface area contributed by atoms with Crippen LogP contribution in [0.15, 0.2) is 48.8 Å². The van der Waals surface area contributed by atoms with Crippen LogP contribution in [0.5, 0.6) is 0 Å². The quantitative estimate of drug-likeness (QED) is 0.325. The minimum Gasteiger partial charge on any atom is -0.462 e. The summed E-state index contributed by atoms with van der Waals surface area (Å²) >= 11 is 11.8. The van der Waals surface area contributed by atoms with Crippen LogP contribution in [-0.4, -0.2) is 53.9 Å². The van der Waals surface area contributed by atoms with Crippen molar-refractivity contribution in [1.29, 1.82) is 0 Å². The van der Waals surface area contributed by atoms with E-state index in [4.69, 9.17) is 27.9 Å². The fourth-order valence-electron chi connectivity index (χ4n) is 4.22. The molecule has 3 rings (SSSR count). The molecule has 0 saturated heterocycles. The number of halogens is 2. The summed E-state index contributed by atoms with van der Waals surface area (Å²) in [6.45, 7) is 1.52. The lowest BCUT2D eigenvalue weighted by molar-refractivity contribution is -0.150. The molecule has 34 heavy (non-hydrogen) atoms. The van der Waals surface area contributed by atoms with Gasteiger partial charge in [0.2, 0.25) is 0 Å². The number of carbonyl (C=O) groups excluding carboxylic acids is 2. The van der Waals surface area contributed by atoms with E-state index in [1.807, 2.05) is 0 Å². The number of ether oxygens (including phenoxy) is 1. The summed E-state index contributed by atoms with van der Waals surface area (Å²) in [5, 5.41) is 3.05. The Kier molecular flexibility index (Phi) is 11.0. The van der Waals surface area contributed by atoms with Crippen molar-refractivity contribution in [2.24, 2.45) is 0 Å². The van der Waals surface area contributed by atoms with Gasteiger partial charge in [-0.2, -0.15) is 0 Å². The second kappa shape index (κ2) is 14.2. The molecule has 6 nitrogen and oxygen atoms in total. The van der Waals surface area contributed by atoms with Crippen LogP contribution in [0.2, 0.25) is 0 Å². The number of aryl methyl sites for hydroxylation is 1. The second-order valence-electron chi connectivity index (χ2n) is 8.56. The van der Waals surface area contributed by atoms with Gasteiger partial charge in [0, 0.05) is 55.4 Å². The SMILES string of the molecule is O=C(CCCc1ccc(N(CCCl)CCCl)cc1)OC1CCC(NC(=O)c2cccnc2)CC1. The van der Waals surface area contributed by atoms with Gasteiger partial charge in [0.1, 0.15) is 6.10 Å². The molecule has 1 aromatic heterocycles. The molecule has 1 aliphatic rings. The molecule has 2 aromatic rings. The van der Waals surface area contributed by atoms with E-state index in [9.17, 15) is 9.59 Å². The highest BCUT2D eigenvalue weighted by Crippen LogP contribution is 2.23. The Balaban J connectivity index is 1.33. The van der Waals surface area contributed by atoms with E-state index in [2.05, 4.69) is 39.5 Å². The van der Waals surface area contributed by atoms with E-state index in [1.165, 1.54) is 5.56 Å². The minimum atomic E-state index is -0.144. The lowest BCUT2D eigenvalue weighted by atomic mass is 9.92. The summed E-state index contributed by atoms with van der Waals surface area (Å²) in [4.78, 5) is 30.7. The average Bonchev–Trinajstić information content (AvgIpc) is 2.86. The number of hydrogen-bond acceptors (Lipinski definition) is 5. The van der Waals surface area contributed by atoms with Crippen LogP contribution < -0.4 is 10.2 Å². The topological polar surface area (TPSA) is 71.5 Å². The first kappa shape index (κ1) is 26.3. The molecule has 1 saturated carbocycles. The van der Waals surface area contributed by atoms with Gasteiger partial charge in [-0.3, -0.25) is 14.6 Å². The van der Waals surface area contributed by atoms with Gasteiger partial charge >= 0.3 is 5.97 Å². The van der Waals surface area contributed by atoms with Crippen LogP contribution >= 0.6 is 23.2 Å². The number of nitrogens with zero attached hydrogens (tertiary/aromatic N) is 2. The van der Waals surface area contributed by atoms with Gasteiger partial charge in [-0.15, -0.1) is 23.2 Å². The number of anilines is 1. The Labute approximate surface area is 212 Å². The zero-order valence-corrected chi connectivity index (χ0v) is 20.9. The fraction of sp³-hybridized carbons (Fsp3) is 0.500.